The third kappa shape index (κ3) is 7.37. The summed E-state index contributed by atoms with van der Waals surface area (Å²) in [6.45, 7) is 5.18. The molecule has 1 aromatic heterocycles. The van der Waals surface area contributed by atoms with Crippen molar-refractivity contribution in [3.8, 4) is 17.0 Å². The van der Waals surface area contributed by atoms with Crippen molar-refractivity contribution in [2.45, 2.75) is 49.9 Å². The normalized spacial score (nSPS) is 20.6. The zero-order chi connectivity index (χ0) is 37.9. The van der Waals surface area contributed by atoms with Gasteiger partial charge in [-0.3, -0.25) is 24.5 Å². The Morgan fingerprint density at radius 2 is 1.40 bits per heavy atom. The number of nitrogens with one attached hydrogen (secondary N) is 1. The number of hydrogen-bond acceptors (Lipinski definition) is 9. The molecule has 4 fully saturated rings. The topological polar surface area (TPSA) is 139 Å². The SMILES string of the molecule is O=C1CC[C@H](c2ccc(N3CCN(C(=O)C4CCN(C(=O)C5(c6ccccc6)CCN(c6cnnc(-c7ccccc7O)c6)CC5)CC4)CC3)cc2)C(=O)N1. The summed E-state index contributed by atoms with van der Waals surface area (Å²) in [7, 11) is 0. The van der Waals surface area contributed by atoms with Gasteiger partial charge in [-0.1, -0.05) is 54.6 Å². The van der Waals surface area contributed by atoms with Crippen LogP contribution in [0.2, 0.25) is 0 Å². The van der Waals surface area contributed by atoms with Gasteiger partial charge in [0.1, 0.15) is 5.75 Å². The first-order valence-corrected chi connectivity index (χ1v) is 19.5. The van der Waals surface area contributed by atoms with Gasteiger partial charge >= 0.3 is 0 Å². The molecule has 55 heavy (non-hydrogen) atoms. The summed E-state index contributed by atoms with van der Waals surface area (Å²) in [5.74, 6) is -0.372. The number of imide groups is 1. The molecule has 0 radical (unpaired) electrons. The molecule has 5 heterocycles. The van der Waals surface area contributed by atoms with Crippen LogP contribution < -0.4 is 15.1 Å². The van der Waals surface area contributed by atoms with Crippen molar-refractivity contribution in [1.82, 2.24) is 25.3 Å². The average Bonchev–Trinajstić information content (AvgIpc) is 3.24. The van der Waals surface area contributed by atoms with Gasteiger partial charge in [-0.05, 0) is 73.6 Å². The predicted molar refractivity (Wildman–Crippen MR) is 208 cm³/mol. The molecule has 12 heteroatoms. The lowest BCUT2D eigenvalue weighted by Crippen LogP contribution is -2.56. The second-order valence-corrected chi connectivity index (χ2v) is 15.2. The van der Waals surface area contributed by atoms with E-state index in [0.717, 1.165) is 35.6 Å². The fourth-order valence-electron chi connectivity index (χ4n) is 8.89. The fraction of sp³-hybridized carbons (Fsp3) is 0.395. The van der Waals surface area contributed by atoms with Crippen molar-refractivity contribution in [3.05, 3.63) is 102 Å². The number of piperazine rings is 1. The van der Waals surface area contributed by atoms with Gasteiger partial charge in [0.15, 0.2) is 0 Å². The van der Waals surface area contributed by atoms with Crippen LogP contribution in [0.25, 0.3) is 11.3 Å². The number of rotatable bonds is 7. The molecule has 0 unspecified atom stereocenters. The number of anilines is 2. The second-order valence-electron chi connectivity index (χ2n) is 15.2. The van der Waals surface area contributed by atoms with E-state index in [4.69, 9.17) is 0 Å². The molecular formula is C43H47N7O5. The molecule has 0 bridgehead atoms. The molecule has 2 N–H and O–H groups in total. The summed E-state index contributed by atoms with van der Waals surface area (Å²) in [5, 5.41) is 21.3. The Kier molecular flexibility index (Phi) is 10.2. The van der Waals surface area contributed by atoms with Gasteiger partial charge in [0, 0.05) is 75.9 Å². The predicted octanol–water partition coefficient (Wildman–Crippen LogP) is 4.50. The van der Waals surface area contributed by atoms with Gasteiger partial charge < -0.3 is 24.7 Å². The van der Waals surface area contributed by atoms with Gasteiger partial charge in [0.2, 0.25) is 23.6 Å². The minimum Gasteiger partial charge on any atom is -0.507 e. The van der Waals surface area contributed by atoms with Crippen LogP contribution in [0.4, 0.5) is 11.4 Å². The highest BCUT2D eigenvalue weighted by atomic mass is 16.3. The number of aromatic nitrogens is 2. The molecule has 4 aliphatic heterocycles. The van der Waals surface area contributed by atoms with Crippen LogP contribution in [-0.4, -0.2) is 101 Å². The summed E-state index contributed by atoms with van der Waals surface area (Å²) in [5.41, 5.74) is 4.48. The van der Waals surface area contributed by atoms with Crippen molar-refractivity contribution in [3.63, 3.8) is 0 Å². The van der Waals surface area contributed by atoms with Crippen molar-refractivity contribution in [2.75, 3.05) is 62.2 Å². The van der Waals surface area contributed by atoms with Gasteiger partial charge in [0.25, 0.3) is 0 Å². The highest BCUT2D eigenvalue weighted by Crippen LogP contribution is 2.40. The molecule has 12 nitrogen and oxygen atoms in total. The summed E-state index contributed by atoms with van der Waals surface area (Å²) >= 11 is 0. The summed E-state index contributed by atoms with van der Waals surface area (Å²) in [6, 6.07) is 27.2. The number of phenolic OH excluding ortho intramolecular Hbond substituents is 1. The molecule has 284 valence electrons. The Morgan fingerprint density at radius 1 is 0.727 bits per heavy atom. The summed E-state index contributed by atoms with van der Waals surface area (Å²) < 4.78 is 0. The smallest absolute Gasteiger partial charge is 0.234 e. The maximum atomic E-state index is 14.6. The molecule has 4 aromatic rings. The Labute approximate surface area is 321 Å². The van der Waals surface area contributed by atoms with Gasteiger partial charge in [-0.2, -0.15) is 10.2 Å². The molecule has 4 aliphatic rings. The molecule has 4 saturated heterocycles. The molecule has 0 saturated carbocycles. The number of likely N-dealkylation sites (tertiary alicyclic amines) is 1. The van der Waals surface area contributed by atoms with E-state index in [1.165, 1.54) is 0 Å². The number of aromatic hydroxyl groups is 1. The van der Waals surface area contributed by atoms with E-state index in [1.54, 1.807) is 18.3 Å². The minimum atomic E-state index is -0.661. The number of amides is 4. The molecule has 4 amide bonds. The molecule has 8 rings (SSSR count). The minimum absolute atomic E-state index is 0.102. The van der Waals surface area contributed by atoms with Gasteiger partial charge in [-0.25, -0.2) is 0 Å². The molecule has 1 atom stereocenters. The van der Waals surface area contributed by atoms with Crippen LogP contribution in [-0.2, 0) is 24.6 Å². The Balaban J connectivity index is 0.866. The van der Waals surface area contributed by atoms with Gasteiger partial charge in [-0.15, -0.1) is 0 Å². The van der Waals surface area contributed by atoms with E-state index in [1.807, 2.05) is 70.5 Å². The average molecular weight is 742 g/mol. The number of nitrogens with zero attached hydrogens (tertiary/aromatic N) is 6. The van der Waals surface area contributed by atoms with Crippen LogP contribution in [0.15, 0.2) is 91.1 Å². The lowest BCUT2D eigenvalue weighted by atomic mass is 9.71. The van der Waals surface area contributed by atoms with E-state index in [9.17, 15) is 24.3 Å². The zero-order valence-corrected chi connectivity index (χ0v) is 31.0. The number of carbonyl (C=O) groups excluding carboxylic acids is 4. The van der Waals surface area contributed by atoms with Crippen LogP contribution in [0.5, 0.6) is 5.75 Å². The summed E-state index contributed by atoms with van der Waals surface area (Å²) in [6.07, 6.45) is 5.22. The molecular weight excluding hydrogens is 695 g/mol. The van der Waals surface area contributed by atoms with E-state index < -0.39 is 5.41 Å². The standard InChI is InChI=1S/C43H47N7O5/c51-38-9-5-4-8-36(38)37-28-34(29-44-46-37)47-22-18-43(19-23-47,32-6-2-1-3-7-32)42(55)50-20-16-31(17-21-50)41(54)49-26-24-48(25-27-49)33-12-10-30(11-13-33)35-14-15-39(52)45-40(35)53/h1-13,28-29,31,35,51H,14-27H2,(H,45,52,53)/t35-/m1/s1. The molecule has 0 aliphatic carbocycles. The molecule has 3 aromatic carbocycles. The highest BCUT2D eigenvalue weighted by molar-refractivity contribution is 6.01. The summed E-state index contributed by atoms with van der Waals surface area (Å²) in [4.78, 5) is 60.7. The first-order chi connectivity index (χ1) is 26.8. The number of benzene rings is 3. The largest absolute Gasteiger partial charge is 0.507 e. The van der Waals surface area contributed by atoms with E-state index in [-0.39, 0.29) is 41.2 Å². The first-order valence-electron chi connectivity index (χ1n) is 19.5. The van der Waals surface area contributed by atoms with E-state index in [2.05, 4.69) is 37.4 Å². The maximum absolute atomic E-state index is 14.6. The van der Waals surface area contributed by atoms with Gasteiger partial charge in [0.05, 0.1) is 28.9 Å². The third-order valence-electron chi connectivity index (χ3n) is 12.2. The quantitative estimate of drug-likeness (QED) is 0.263. The van der Waals surface area contributed by atoms with Crippen molar-refractivity contribution < 1.29 is 24.3 Å². The first kappa shape index (κ1) is 36.2. The monoisotopic (exact) mass is 741 g/mol. The lowest BCUT2D eigenvalue weighted by Gasteiger charge is -2.45. The number of phenols is 1. The maximum Gasteiger partial charge on any atom is 0.234 e. The highest BCUT2D eigenvalue weighted by Gasteiger charge is 2.46. The Hall–Kier alpha value is -5.78. The number of piperidine rings is 3. The lowest BCUT2D eigenvalue weighted by molar-refractivity contribution is -0.144. The van der Waals surface area contributed by atoms with Crippen LogP contribution in [0.3, 0.4) is 0 Å². The van der Waals surface area contributed by atoms with E-state index >= 15 is 0 Å². The third-order valence-corrected chi connectivity index (χ3v) is 12.2. The number of carbonyl (C=O) groups is 4. The Bertz CT molecular complexity index is 2030. The van der Waals surface area contributed by atoms with Crippen LogP contribution in [0.1, 0.15) is 55.6 Å². The fourth-order valence-corrected chi connectivity index (χ4v) is 8.89. The number of para-hydroxylation sites is 1. The van der Waals surface area contributed by atoms with Crippen molar-refractivity contribution >= 4 is 35.0 Å². The number of hydrogen-bond donors (Lipinski definition) is 2. The zero-order valence-electron chi connectivity index (χ0n) is 31.0. The van der Waals surface area contributed by atoms with E-state index in [0.29, 0.717) is 89.1 Å². The van der Waals surface area contributed by atoms with Crippen LogP contribution >= 0.6 is 0 Å². The Morgan fingerprint density at radius 3 is 2.09 bits per heavy atom. The van der Waals surface area contributed by atoms with Crippen molar-refractivity contribution in [1.29, 1.82) is 0 Å². The second kappa shape index (κ2) is 15.5. The van der Waals surface area contributed by atoms with Crippen molar-refractivity contribution in [2.24, 2.45) is 5.92 Å². The van der Waals surface area contributed by atoms with Crippen LogP contribution in [0, 0.1) is 5.92 Å². The molecule has 0 spiro atoms.